The van der Waals surface area contributed by atoms with Gasteiger partial charge in [0, 0.05) is 12.2 Å². The van der Waals surface area contributed by atoms with Crippen LogP contribution in [0.5, 0.6) is 0 Å². The summed E-state index contributed by atoms with van der Waals surface area (Å²) in [6.45, 7) is 12.5. The number of aryl methyl sites for hydroxylation is 2. The van der Waals surface area contributed by atoms with E-state index in [4.69, 9.17) is 10.5 Å². The molecule has 2 unspecified atom stereocenters. The second kappa shape index (κ2) is 6.02. The van der Waals surface area contributed by atoms with Crippen molar-refractivity contribution in [3.05, 3.63) is 34.6 Å². The second-order valence-corrected chi connectivity index (χ2v) is 6.25. The minimum Gasteiger partial charge on any atom is -0.376 e. The predicted molar refractivity (Wildman–Crippen MR) is 77.7 cm³/mol. The average molecular weight is 267 g/mol. The molecule has 0 saturated heterocycles. The van der Waals surface area contributed by atoms with E-state index >= 15 is 0 Å². The maximum absolute atomic E-state index is 14.2. The highest BCUT2D eigenvalue weighted by atomic mass is 19.1. The van der Waals surface area contributed by atoms with Gasteiger partial charge in [0.1, 0.15) is 5.82 Å². The molecule has 0 radical (unpaired) electrons. The Balaban J connectivity index is 3.20. The Hall–Kier alpha value is -0.930. The molecule has 0 spiro atoms. The first kappa shape index (κ1) is 16.1. The van der Waals surface area contributed by atoms with Gasteiger partial charge in [0.2, 0.25) is 0 Å². The Kier molecular flexibility index (Phi) is 5.11. The van der Waals surface area contributed by atoms with Crippen molar-refractivity contribution in [1.82, 2.24) is 0 Å². The van der Waals surface area contributed by atoms with Crippen LogP contribution in [-0.2, 0) is 4.74 Å². The van der Waals surface area contributed by atoms with E-state index < -0.39 is 6.04 Å². The molecular formula is C16H26FNO. The van der Waals surface area contributed by atoms with Gasteiger partial charge in [0.25, 0.3) is 0 Å². The van der Waals surface area contributed by atoms with Gasteiger partial charge < -0.3 is 10.5 Å². The van der Waals surface area contributed by atoms with Gasteiger partial charge in [-0.1, -0.05) is 26.8 Å². The van der Waals surface area contributed by atoms with Crippen molar-refractivity contribution in [3.8, 4) is 0 Å². The van der Waals surface area contributed by atoms with Crippen molar-refractivity contribution >= 4 is 0 Å². The van der Waals surface area contributed by atoms with Crippen LogP contribution in [0.2, 0.25) is 0 Å². The summed E-state index contributed by atoms with van der Waals surface area (Å²) in [6, 6.07) is 3.04. The van der Waals surface area contributed by atoms with Gasteiger partial charge in [-0.2, -0.15) is 0 Å². The summed E-state index contributed by atoms with van der Waals surface area (Å²) < 4.78 is 20.0. The third kappa shape index (κ3) is 3.77. The van der Waals surface area contributed by atoms with Gasteiger partial charge in [0.15, 0.2) is 0 Å². The van der Waals surface area contributed by atoms with Gasteiger partial charge in [-0.25, -0.2) is 4.39 Å². The Morgan fingerprint density at radius 3 is 2.26 bits per heavy atom. The molecule has 0 heterocycles. The number of nitrogens with two attached hydrogens (primary N) is 1. The van der Waals surface area contributed by atoms with E-state index in [-0.39, 0.29) is 17.3 Å². The van der Waals surface area contributed by atoms with Crippen molar-refractivity contribution in [2.75, 3.05) is 6.61 Å². The van der Waals surface area contributed by atoms with Crippen molar-refractivity contribution in [2.45, 2.75) is 53.7 Å². The first-order chi connectivity index (χ1) is 8.68. The van der Waals surface area contributed by atoms with Gasteiger partial charge in [-0.05, 0) is 43.4 Å². The molecule has 0 aromatic heterocycles. The lowest BCUT2D eigenvalue weighted by Crippen LogP contribution is -2.40. The summed E-state index contributed by atoms with van der Waals surface area (Å²) in [5.41, 5.74) is 8.53. The van der Waals surface area contributed by atoms with E-state index in [1.807, 2.05) is 26.8 Å². The highest BCUT2D eigenvalue weighted by molar-refractivity contribution is 5.35. The molecule has 2 atom stereocenters. The molecule has 19 heavy (non-hydrogen) atoms. The summed E-state index contributed by atoms with van der Waals surface area (Å²) in [5.74, 6) is -0.237. The van der Waals surface area contributed by atoms with E-state index in [0.29, 0.717) is 12.2 Å². The summed E-state index contributed by atoms with van der Waals surface area (Å²) in [4.78, 5) is 0. The number of hydrogen-bond acceptors (Lipinski definition) is 2. The van der Waals surface area contributed by atoms with Gasteiger partial charge >= 0.3 is 0 Å². The molecule has 1 rings (SSSR count). The number of halogens is 1. The fourth-order valence-electron chi connectivity index (χ4n) is 2.57. The number of hydrogen-bond donors (Lipinski definition) is 1. The summed E-state index contributed by atoms with van der Waals surface area (Å²) in [6.07, 6.45) is -0.214. The molecule has 2 nitrogen and oxygen atoms in total. The molecule has 0 bridgehead atoms. The van der Waals surface area contributed by atoms with E-state index in [1.54, 1.807) is 0 Å². The predicted octanol–water partition coefficient (Wildman–Crippen LogP) is 3.89. The molecular weight excluding hydrogens is 241 g/mol. The lowest BCUT2D eigenvalue weighted by molar-refractivity contribution is -0.0290. The third-order valence-corrected chi connectivity index (χ3v) is 3.34. The number of benzene rings is 1. The standard InChI is InChI=1S/C16H26FNO/c1-7-19-15(16(4,5)6)14(18)13-11(3)8-10(2)9-12(13)17/h8-9,14-15H,7,18H2,1-6H3. The molecule has 0 aliphatic rings. The Morgan fingerprint density at radius 2 is 1.84 bits per heavy atom. The smallest absolute Gasteiger partial charge is 0.128 e. The third-order valence-electron chi connectivity index (χ3n) is 3.34. The van der Waals surface area contributed by atoms with Gasteiger partial charge in [-0.15, -0.1) is 0 Å². The molecule has 0 amide bonds. The molecule has 1 aromatic rings. The normalized spacial score (nSPS) is 15.4. The molecule has 2 N–H and O–H groups in total. The lowest BCUT2D eigenvalue weighted by atomic mass is 9.81. The number of rotatable bonds is 4. The monoisotopic (exact) mass is 267 g/mol. The van der Waals surface area contributed by atoms with E-state index in [0.717, 1.165) is 11.1 Å². The van der Waals surface area contributed by atoms with Crippen LogP contribution in [0, 0.1) is 25.1 Å². The molecule has 0 saturated carbocycles. The molecule has 0 fully saturated rings. The van der Waals surface area contributed by atoms with Crippen LogP contribution < -0.4 is 5.73 Å². The van der Waals surface area contributed by atoms with Gasteiger partial charge in [-0.3, -0.25) is 0 Å². The summed E-state index contributed by atoms with van der Waals surface area (Å²) >= 11 is 0. The lowest BCUT2D eigenvalue weighted by Gasteiger charge is -2.35. The maximum atomic E-state index is 14.2. The van der Waals surface area contributed by atoms with Crippen LogP contribution in [0.3, 0.4) is 0 Å². The van der Waals surface area contributed by atoms with Crippen molar-refractivity contribution in [3.63, 3.8) is 0 Å². The zero-order valence-corrected chi connectivity index (χ0v) is 12.9. The van der Waals surface area contributed by atoms with E-state index in [9.17, 15) is 4.39 Å². The van der Waals surface area contributed by atoms with E-state index in [1.165, 1.54) is 6.07 Å². The van der Waals surface area contributed by atoms with E-state index in [2.05, 4.69) is 20.8 Å². The van der Waals surface area contributed by atoms with Crippen LogP contribution in [0.25, 0.3) is 0 Å². The Labute approximate surface area is 116 Å². The SMILES string of the molecule is CCOC(C(N)c1c(C)cc(C)cc1F)C(C)(C)C. The zero-order chi connectivity index (χ0) is 14.8. The highest BCUT2D eigenvalue weighted by Gasteiger charge is 2.33. The first-order valence-corrected chi connectivity index (χ1v) is 6.82. The Morgan fingerprint density at radius 1 is 1.26 bits per heavy atom. The molecule has 108 valence electrons. The van der Waals surface area contributed by atoms with Crippen LogP contribution in [0.1, 0.15) is 50.4 Å². The van der Waals surface area contributed by atoms with Gasteiger partial charge in [0.05, 0.1) is 12.1 Å². The summed E-state index contributed by atoms with van der Waals surface area (Å²) in [7, 11) is 0. The van der Waals surface area contributed by atoms with Crippen LogP contribution in [0.4, 0.5) is 4.39 Å². The highest BCUT2D eigenvalue weighted by Crippen LogP contribution is 2.34. The average Bonchev–Trinajstić information content (AvgIpc) is 2.22. The second-order valence-electron chi connectivity index (χ2n) is 6.25. The fourth-order valence-corrected chi connectivity index (χ4v) is 2.57. The molecule has 0 aliphatic carbocycles. The maximum Gasteiger partial charge on any atom is 0.128 e. The zero-order valence-electron chi connectivity index (χ0n) is 12.9. The first-order valence-electron chi connectivity index (χ1n) is 6.82. The largest absolute Gasteiger partial charge is 0.376 e. The van der Waals surface area contributed by atoms with Crippen LogP contribution in [-0.4, -0.2) is 12.7 Å². The molecule has 1 aromatic carbocycles. The number of ether oxygens (including phenoxy) is 1. The molecule has 0 aliphatic heterocycles. The minimum absolute atomic E-state index is 0.140. The van der Waals surface area contributed by atoms with Crippen molar-refractivity contribution in [1.29, 1.82) is 0 Å². The van der Waals surface area contributed by atoms with Crippen LogP contribution in [0.15, 0.2) is 12.1 Å². The van der Waals surface area contributed by atoms with Crippen LogP contribution >= 0.6 is 0 Å². The van der Waals surface area contributed by atoms with Crippen molar-refractivity contribution < 1.29 is 9.13 Å². The minimum atomic E-state index is -0.458. The Bertz CT molecular complexity index is 414. The summed E-state index contributed by atoms with van der Waals surface area (Å²) in [5, 5.41) is 0. The fraction of sp³-hybridized carbons (Fsp3) is 0.625. The topological polar surface area (TPSA) is 35.2 Å². The quantitative estimate of drug-likeness (QED) is 0.898. The molecule has 3 heteroatoms. The van der Waals surface area contributed by atoms with Crippen molar-refractivity contribution in [2.24, 2.45) is 11.1 Å².